The first kappa shape index (κ1) is 17.5. The van der Waals surface area contributed by atoms with E-state index in [9.17, 15) is 9.90 Å². The summed E-state index contributed by atoms with van der Waals surface area (Å²) in [6.45, 7) is 9.87. The van der Waals surface area contributed by atoms with Crippen molar-refractivity contribution in [1.29, 1.82) is 0 Å². The molecule has 2 saturated carbocycles. The van der Waals surface area contributed by atoms with Crippen LogP contribution in [0.3, 0.4) is 0 Å². The largest absolute Gasteiger partial charge is 0.444 e. The Labute approximate surface area is 134 Å². The van der Waals surface area contributed by atoms with E-state index in [1.807, 2.05) is 20.8 Å². The SMILES string of the molecule is CC(C)(C)OC(=O)NC1CCC(NC2CC(O)C2(C)C)CC1. The molecule has 5 nitrogen and oxygen atoms in total. The van der Waals surface area contributed by atoms with E-state index in [0.717, 1.165) is 32.1 Å². The number of carbonyl (C=O) groups excluding carboxylic acids is 1. The van der Waals surface area contributed by atoms with Crippen LogP contribution in [0.25, 0.3) is 0 Å². The maximum atomic E-state index is 11.8. The topological polar surface area (TPSA) is 70.6 Å². The number of alkyl carbamates (subject to hydrolysis) is 1. The number of hydrogen-bond donors (Lipinski definition) is 3. The third-order valence-electron chi connectivity index (χ3n) is 5.10. The van der Waals surface area contributed by atoms with Crippen molar-refractivity contribution in [3.63, 3.8) is 0 Å². The highest BCUT2D eigenvalue weighted by Crippen LogP contribution is 2.41. The summed E-state index contributed by atoms with van der Waals surface area (Å²) in [6.07, 6.45) is 4.43. The van der Waals surface area contributed by atoms with Crippen LogP contribution in [0.2, 0.25) is 0 Å². The summed E-state index contributed by atoms with van der Waals surface area (Å²) in [5.41, 5.74) is -0.467. The number of aliphatic hydroxyl groups is 1. The van der Waals surface area contributed by atoms with Crippen molar-refractivity contribution in [2.75, 3.05) is 0 Å². The number of nitrogens with one attached hydrogen (secondary N) is 2. The summed E-state index contributed by atoms with van der Waals surface area (Å²) in [5.74, 6) is 0. The summed E-state index contributed by atoms with van der Waals surface area (Å²) in [7, 11) is 0. The lowest BCUT2D eigenvalue weighted by atomic mass is 9.64. The first-order chi connectivity index (χ1) is 10.1. The highest BCUT2D eigenvalue weighted by Gasteiger charge is 2.47. The average molecular weight is 312 g/mol. The first-order valence-corrected chi connectivity index (χ1v) is 8.51. The predicted molar refractivity (Wildman–Crippen MR) is 86.7 cm³/mol. The van der Waals surface area contributed by atoms with Crippen LogP contribution >= 0.6 is 0 Å². The number of aliphatic hydroxyl groups excluding tert-OH is 1. The number of hydrogen-bond acceptors (Lipinski definition) is 4. The molecular formula is C17H32N2O3. The van der Waals surface area contributed by atoms with E-state index in [-0.39, 0.29) is 23.7 Å². The van der Waals surface area contributed by atoms with E-state index in [2.05, 4.69) is 24.5 Å². The molecule has 0 aromatic rings. The van der Waals surface area contributed by atoms with Crippen molar-refractivity contribution in [1.82, 2.24) is 10.6 Å². The van der Waals surface area contributed by atoms with Crippen LogP contribution in [0.15, 0.2) is 0 Å². The predicted octanol–water partition coefficient (Wildman–Crippen LogP) is 2.57. The zero-order valence-corrected chi connectivity index (χ0v) is 14.6. The zero-order chi connectivity index (χ0) is 16.5. The molecule has 2 fully saturated rings. The minimum absolute atomic E-state index is 0.0222. The molecule has 2 rings (SSSR count). The van der Waals surface area contributed by atoms with Crippen molar-refractivity contribution in [3.05, 3.63) is 0 Å². The molecular weight excluding hydrogens is 280 g/mol. The zero-order valence-electron chi connectivity index (χ0n) is 14.6. The molecule has 128 valence electrons. The van der Waals surface area contributed by atoms with Gasteiger partial charge in [-0.2, -0.15) is 0 Å². The summed E-state index contributed by atoms with van der Waals surface area (Å²) >= 11 is 0. The Kier molecular flexibility index (Phi) is 5.07. The van der Waals surface area contributed by atoms with Crippen LogP contribution in [-0.2, 0) is 4.74 Å². The quantitative estimate of drug-likeness (QED) is 0.749. The van der Waals surface area contributed by atoms with Crippen molar-refractivity contribution in [3.8, 4) is 0 Å². The number of rotatable bonds is 3. The molecule has 0 radical (unpaired) electrons. The van der Waals surface area contributed by atoms with Gasteiger partial charge in [0.05, 0.1) is 6.10 Å². The van der Waals surface area contributed by atoms with E-state index in [1.54, 1.807) is 0 Å². The molecule has 2 atom stereocenters. The third-order valence-corrected chi connectivity index (χ3v) is 5.10. The van der Waals surface area contributed by atoms with E-state index >= 15 is 0 Å². The standard InChI is InChI=1S/C17H32N2O3/c1-16(2,3)22-15(21)19-12-8-6-11(7-9-12)18-13-10-14(20)17(13,4)5/h11-14,18,20H,6-10H2,1-5H3,(H,19,21). The lowest BCUT2D eigenvalue weighted by Crippen LogP contribution is -2.62. The molecule has 0 spiro atoms. The Bertz CT molecular complexity index is 395. The van der Waals surface area contributed by atoms with Gasteiger partial charge in [0.1, 0.15) is 5.60 Å². The summed E-state index contributed by atoms with van der Waals surface area (Å²) < 4.78 is 5.30. The molecule has 2 aliphatic rings. The van der Waals surface area contributed by atoms with E-state index in [0.29, 0.717) is 12.1 Å². The van der Waals surface area contributed by atoms with E-state index in [1.165, 1.54) is 0 Å². The van der Waals surface area contributed by atoms with Crippen LogP contribution < -0.4 is 10.6 Å². The van der Waals surface area contributed by atoms with Gasteiger partial charge in [-0.3, -0.25) is 0 Å². The number of amides is 1. The molecule has 0 aromatic heterocycles. The first-order valence-electron chi connectivity index (χ1n) is 8.51. The molecule has 0 bridgehead atoms. The molecule has 2 aliphatic carbocycles. The summed E-state index contributed by atoms with van der Waals surface area (Å²) in [5, 5.41) is 16.5. The second kappa shape index (κ2) is 6.36. The van der Waals surface area contributed by atoms with Gasteiger partial charge in [-0.15, -0.1) is 0 Å². The van der Waals surface area contributed by atoms with Crippen LogP contribution in [-0.4, -0.2) is 41.0 Å². The molecule has 5 heteroatoms. The second-order valence-electron chi connectivity index (χ2n) is 8.49. The molecule has 0 aromatic carbocycles. The van der Waals surface area contributed by atoms with Gasteiger partial charge >= 0.3 is 6.09 Å². The normalized spacial score (nSPS) is 34.6. The molecule has 22 heavy (non-hydrogen) atoms. The highest BCUT2D eigenvalue weighted by molar-refractivity contribution is 5.68. The Hall–Kier alpha value is -0.810. The van der Waals surface area contributed by atoms with Gasteiger partial charge in [-0.25, -0.2) is 4.79 Å². The Balaban J connectivity index is 1.69. The summed E-state index contributed by atoms with van der Waals surface area (Å²) in [6, 6.07) is 1.12. The maximum Gasteiger partial charge on any atom is 0.407 e. The molecule has 3 N–H and O–H groups in total. The Morgan fingerprint density at radius 3 is 2.14 bits per heavy atom. The van der Waals surface area contributed by atoms with Gasteiger partial charge in [-0.05, 0) is 52.9 Å². The maximum absolute atomic E-state index is 11.8. The number of ether oxygens (including phenoxy) is 1. The fraction of sp³-hybridized carbons (Fsp3) is 0.941. The fourth-order valence-electron chi connectivity index (χ4n) is 3.35. The van der Waals surface area contributed by atoms with Gasteiger partial charge in [0.25, 0.3) is 0 Å². The van der Waals surface area contributed by atoms with Crippen LogP contribution in [0.1, 0.15) is 66.7 Å². The molecule has 0 aliphatic heterocycles. The Morgan fingerprint density at radius 2 is 1.68 bits per heavy atom. The smallest absolute Gasteiger partial charge is 0.407 e. The van der Waals surface area contributed by atoms with Crippen molar-refractivity contribution < 1.29 is 14.6 Å². The molecule has 2 unspecified atom stereocenters. The van der Waals surface area contributed by atoms with E-state index < -0.39 is 5.60 Å². The van der Waals surface area contributed by atoms with Crippen molar-refractivity contribution in [2.24, 2.45) is 5.41 Å². The highest BCUT2D eigenvalue weighted by atomic mass is 16.6. The van der Waals surface area contributed by atoms with Crippen LogP contribution in [0.4, 0.5) is 4.79 Å². The molecule has 0 heterocycles. The number of carbonyl (C=O) groups is 1. The Morgan fingerprint density at radius 1 is 1.14 bits per heavy atom. The molecule has 1 amide bonds. The van der Waals surface area contributed by atoms with Gasteiger partial charge in [0.2, 0.25) is 0 Å². The van der Waals surface area contributed by atoms with Gasteiger partial charge < -0.3 is 20.5 Å². The minimum Gasteiger partial charge on any atom is -0.444 e. The van der Waals surface area contributed by atoms with Crippen molar-refractivity contribution >= 4 is 6.09 Å². The average Bonchev–Trinajstić information content (AvgIpc) is 2.38. The third kappa shape index (κ3) is 4.35. The second-order valence-corrected chi connectivity index (χ2v) is 8.49. The minimum atomic E-state index is -0.445. The fourth-order valence-corrected chi connectivity index (χ4v) is 3.35. The molecule has 0 saturated heterocycles. The van der Waals surface area contributed by atoms with Gasteiger partial charge in [0.15, 0.2) is 0 Å². The lowest BCUT2D eigenvalue weighted by Gasteiger charge is -2.51. The monoisotopic (exact) mass is 312 g/mol. The van der Waals surface area contributed by atoms with Gasteiger partial charge in [-0.1, -0.05) is 13.8 Å². The van der Waals surface area contributed by atoms with Crippen molar-refractivity contribution in [2.45, 2.75) is 96.6 Å². The van der Waals surface area contributed by atoms with Crippen LogP contribution in [0, 0.1) is 5.41 Å². The lowest BCUT2D eigenvalue weighted by molar-refractivity contribution is -0.0772. The summed E-state index contributed by atoms with van der Waals surface area (Å²) in [4.78, 5) is 11.8. The van der Waals surface area contributed by atoms with Crippen LogP contribution in [0.5, 0.6) is 0 Å². The van der Waals surface area contributed by atoms with Gasteiger partial charge in [0, 0.05) is 23.5 Å². The van der Waals surface area contributed by atoms with E-state index in [4.69, 9.17) is 4.74 Å².